The third-order valence-electron chi connectivity index (χ3n) is 5.37. The summed E-state index contributed by atoms with van der Waals surface area (Å²) in [6.45, 7) is 4.60. The second-order valence-electron chi connectivity index (χ2n) is 8.12. The molecule has 1 amide bonds. The minimum absolute atomic E-state index is 0. The van der Waals surface area contributed by atoms with Crippen LogP contribution in [0.4, 0.5) is 0 Å². The standard InChI is InChI=1S/C25H37N5O2.HI/c1-20(30(4)19-22-9-7-6-8-10-22)15-16-26-25(28-18-24(31)29(2)3)27-17-21-11-13-23(32-5)14-12-21;/h6-14,20H,15-19H2,1-5H3,(H2,26,27,28);1H. The Kier molecular flexibility index (Phi) is 13.5. The van der Waals surface area contributed by atoms with Crippen LogP contribution in [-0.4, -0.2) is 69.1 Å². The number of ether oxygens (including phenoxy) is 1. The van der Waals surface area contributed by atoms with Gasteiger partial charge in [-0.05, 0) is 43.7 Å². The second-order valence-corrected chi connectivity index (χ2v) is 8.12. The summed E-state index contributed by atoms with van der Waals surface area (Å²) in [5.74, 6) is 1.45. The van der Waals surface area contributed by atoms with Crippen molar-refractivity contribution >= 4 is 35.8 Å². The summed E-state index contributed by atoms with van der Waals surface area (Å²) in [7, 11) is 7.29. The molecule has 33 heavy (non-hydrogen) atoms. The molecular weight excluding hydrogens is 529 g/mol. The third-order valence-corrected chi connectivity index (χ3v) is 5.37. The molecule has 0 spiro atoms. The Morgan fingerprint density at radius 3 is 2.27 bits per heavy atom. The van der Waals surface area contributed by atoms with Crippen molar-refractivity contribution in [3.05, 3.63) is 65.7 Å². The summed E-state index contributed by atoms with van der Waals surface area (Å²) in [6, 6.07) is 18.7. The quantitative estimate of drug-likeness (QED) is 0.248. The van der Waals surface area contributed by atoms with Gasteiger partial charge in [-0.2, -0.15) is 0 Å². The number of hydrogen-bond acceptors (Lipinski definition) is 4. The first-order valence-electron chi connectivity index (χ1n) is 11.0. The Balaban J connectivity index is 0.00000544. The number of amides is 1. The maximum Gasteiger partial charge on any atom is 0.241 e. The normalized spacial score (nSPS) is 12.0. The Morgan fingerprint density at radius 2 is 1.67 bits per heavy atom. The molecule has 0 bridgehead atoms. The number of carbonyl (C=O) groups excluding carboxylic acids is 1. The lowest BCUT2D eigenvalue weighted by atomic mass is 10.1. The van der Waals surface area contributed by atoms with E-state index in [-0.39, 0.29) is 36.4 Å². The second kappa shape index (κ2) is 15.5. The lowest BCUT2D eigenvalue weighted by Gasteiger charge is -2.25. The predicted octanol–water partition coefficient (Wildman–Crippen LogP) is 3.35. The molecule has 2 rings (SSSR count). The maximum atomic E-state index is 12.0. The Hall–Kier alpha value is -2.33. The molecule has 0 saturated heterocycles. The van der Waals surface area contributed by atoms with E-state index in [1.165, 1.54) is 5.56 Å². The molecule has 2 aromatic rings. The molecule has 0 aliphatic rings. The van der Waals surface area contributed by atoms with Crippen LogP contribution in [-0.2, 0) is 17.9 Å². The topological polar surface area (TPSA) is 69.2 Å². The summed E-state index contributed by atoms with van der Waals surface area (Å²) in [5.41, 5.74) is 2.38. The average Bonchev–Trinajstić information content (AvgIpc) is 2.80. The smallest absolute Gasteiger partial charge is 0.241 e. The minimum atomic E-state index is -0.0000834. The Morgan fingerprint density at radius 1 is 1.00 bits per heavy atom. The van der Waals surface area contributed by atoms with Crippen molar-refractivity contribution in [2.75, 3.05) is 41.3 Å². The number of methoxy groups -OCH3 is 1. The molecule has 1 unspecified atom stereocenters. The van der Waals surface area contributed by atoms with Gasteiger partial charge >= 0.3 is 0 Å². The summed E-state index contributed by atoms with van der Waals surface area (Å²) < 4.78 is 5.21. The number of carbonyl (C=O) groups is 1. The zero-order chi connectivity index (χ0) is 23.3. The fourth-order valence-corrected chi connectivity index (χ4v) is 3.04. The van der Waals surface area contributed by atoms with Gasteiger partial charge in [0, 0.05) is 33.2 Å². The number of halogens is 1. The zero-order valence-electron chi connectivity index (χ0n) is 20.4. The van der Waals surface area contributed by atoms with Crippen molar-refractivity contribution in [3.63, 3.8) is 0 Å². The average molecular weight is 568 g/mol. The van der Waals surface area contributed by atoms with Crippen LogP contribution in [0.5, 0.6) is 5.75 Å². The lowest BCUT2D eigenvalue weighted by molar-refractivity contribution is -0.127. The van der Waals surface area contributed by atoms with Crippen molar-refractivity contribution in [2.24, 2.45) is 4.99 Å². The molecule has 182 valence electrons. The monoisotopic (exact) mass is 567 g/mol. The number of aliphatic imine (C=N–C) groups is 1. The molecular formula is C25H38IN5O2. The van der Waals surface area contributed by atoms with E-state index >= 15 is 0 Å². The summed E-state index contributed by atoms with van der Waals surface area (Å²) >= 11 is 0. The molecule has 0 aliphatic carbocycles. The molecule has 0 fully saturated rings. The van der Waals surface area contributed by atoms with Crippen molar-refractivity contribution in [1.82, 2.24) is 20.4 Å². The van der Waals surface area contributed by atoms with Gasteiger partial charge in [-0.3, -0.25) is 9.69 Å². The molecule has 0 radical (unpaired) electrons. The van der Waals surface area contributed by atoms with Gasteiger partial charge in [-0.15, -0.1) is 24.0 Å². The first-order valence-corrected chi connectivity index (χ1v) is 11.0. The SMILES string of the molecule is COc1ccc(CN=C(NCCC(C)N(C)Cc2ccccc2)NCC(=O)N(C)C)cc1.I. The van der Waals surface area contributed by atoms with E-state index in [0.29, 0.717) is 18.5 Å². The van der Waals surface area contributed by atoms with Gasteiger partial charge in [0.05, 0.1) is 20.2 Å². The summed E-state index contributed by atoms with van der Waals surface area (Å²) in [6.07, 6.45) is 0.953. The Labute approximate surface area is 215 Å². The molecule has 0 saturated carbocycles. The fourth-order valence-electron chi connectivity index (χ4n) is 3.04. The number of hydrogen-bond donors (Lipinski definition) is 2. The van der Waals surface area contributed by atoms with E-state index in [2.05, 4.69) is 58.8 Å². The number of guanidine groups is 1. The number of nitrogens with zero attached hydrogens (tertiary/aromatic N) is 3. The largest absolute Gasteiger partial charge is 0.497 e. The van der Waals surface area contributed by atoms with Crippen LogP contribution in [0.3, 0.4) is 0 Å². The zero-order valence-corrected chi connectivity index (χ0v) is 22.7. The highest BCUT2D eigenvalue weighted by Gasteiger charge is 2.11. The highest BCUT2D eigenvalue weighted by Crippen LogP contribution is 2.12. The van der Waals surface area contributed by atoms with Gasteiger partial charge in [0.25, 0.3) is 0 Å². The lowest BCUT2D eigenvalue weighted by Crippen LogP contribution is -2.44. The van der Waals surface area contributed by atoms with Crippen LogP contribution >= 0.6 is 24.0 Å². The predicted molar refractivity (Wildman–Crippen MR) is 146 cm³/mol. The molecule has 2 N–H and O–H groups in total. The van der Waals surface area contributed by atoms with Crippen molar-refractivity contribution in [2.45, 2.75) is 32.5 Å². The van der Waals surface area contributed by atoms with Gasteiger partial charge in [-0.25, -0.2) is 4.99 Å². The van der Waals surface area contributed by atoms with Crippen LogP contribution in [0, 0.1) is 0 Å². The van der Waals surface area contributed by atoms with Crippen LogP contribution in [0.1, 0.15) is 24.5 Å². The number of likely N-dealkylation sites (N-methyl/N-ethyl adjacent to an activating group) is 1. The van der Waals surface area contributed by atoms with Gasteiger partial charge in [0.2, 0.25) is 5.91 Å². The van der Waals surface area contributed by atoms with Crippen LogP contribution < -0.4 is 15.4 Å². The van der Waals surface area contributed by atoms with E-state index in [4.69, 9.17) is 4.74 Å². The molecule has 0 heterocycles. The van der Waals surface area contributed by atoms with E-state index in [0.717, 1.165) is 30.8 Å². The van der Waals surface area contributed by atoms with Crippen LogP contribution in [0.15, 0.2) is 59.6 Å². The molecule has 0 aromatic heterocycles. The van der Waals surface area contributed by atoms with Crippen LogP contribution in [0.2, 0.25) is 0 Å². The van der Waals surface area contributed by atoms with E-state index in [1.807, 2.05) is 30.3 Å². The first-order chi connectivity index (χ1) is 15.4. The molecule has 8 heteroatoms. The Bertz CT molecular complexity index is 844. The molecule has 1 atom stereocenters. The van der Waals surface area contributed by atoms with Crippen molar-refractivity contribution in [3.8, 4) is 5.75 Å². The van der Waals surface area contributed by atoms with E-state index < -0.39 is 0 Å². The first kappa shape index (κ1) is 28.7. The number of benzene rings is 2. The number of nitrogens with one attached hydrogen (secondary N) is 2. The molecule has 2 aromatic carbocycles. The van der Waals surface area contributed by atoms with Gasteiger partial charge in [-0.1, -0.05) is 42.5 Å². The summed E-state index contributed by atoms with van der Waals surface area (Å²) in [4.78, 5) is 20.6. The third kappa shape index (κ3) is 10.9. The van der Waals surface area contributed by atoms with Crippen molar-refractivity contribution in [1.29, 1.82) is 0 Å². The van der Waals surface area contributed by atoms with Crippen molar-refractivity contribution < 1.29 is 9.53 Å². The minimum Gasteiger partial charge on any atom is -0.497 e. The fraction of sp³-hybridized carbons (Fsp3) is 0.440. The van der Waals surface area contributed by atoms with Gasteiger partial charge < -0.3 is 20.3 Å². The number of rotatable bonds is 11. The molecule has 0 aliphatic heterocycles. The van der Waals surface area contributed by atoms with E-state index in [1.54, 1.807) is 26.1 Å². The summed E-state index contributed by atoms with van der Waals surface area (Å²) in [5, 5.41) is 6.52. The molecule has 7 nitrogen and oxygen atoms in total. The maximum absolute atomic E-state index is 12.0. The van der Waals surface area contributed by atoms with E-state index in [9.17, 15) is 4.79 Å². The van der Waals surface area contributed by atoms with Gasteiger partial charge in [0.15, 0.2) is 5.96 Å². The van der Waals surface area contributed by atoms with Crippen LogP contribution in [0.25, 0.3) is 0 Å². The van der Waals surface area contributed by atoms with Gasteiger partial charge in [0.1, 0.15) is 5.75 Å². The highest BCUT2D eigenvalue weighted by atomic mass is 127. The highest BCUT2D eigenvalue weighted by molar-refractivity contribution is 14.0.